The number of aliphatic hydroxyl groups excluding tert-OH is 2. The van der Waals surface area contributed by atoms with E-state index in [9.17, 15) is 43.5 Å². The third-order valence-electron chi connectivity index (χ3n) is 16.5. The van der Waals surface area contributed by atoms with Crippen LogP contribution in [0.1, 0.15) is 316 Å². The van der Waals surface area contributed by atoms with Gasteiger partial charge < -0.3 is 34.2 Å². The molecule has 0 aliphatic carbocycles. The van der Waals surface area contributed by atoms with E-state index in [1.807, 2.05) is 0 Å². The zero-order valence-electron chi connectivity index (χ0n) is 64.4. The van der Waals surface area contributed by atoms with E-state index < -0.39 is 91.5 Å². The van der Waals surface area contributed by atoms with Crippen LogP contribution in [0.15, 0.2) is 146 Å². The second kappa shape index (κ2) is 77.1. The summed E-state index contributed by atoms with van der Waals surface area (Å²) in [6.45, 7) is 2.39. The van der Waals surface area contributed by atoms with Gasteiger partial charge in [0.15, 0.2) is 6.10 Å². The Kier molecular flexibility index (Phi) is 73.6. The summed E-state index contributed by atoms with van der Waals surface area (Å²) in [5.74, 6) is -1.62. The number of carbonyl (C=O) groups is 3. The van der Waals surface area contributed by atoms with Gasteiger partial charge in [-0.15, -0.1) is 0 Å². The first kappa shape index (κ1) is 98.4. The quantitative estimate of drug-likeness (QED) is 0.0146. The van der Waals surface area contributed by atoms with Crippen LogP contribution in [0.2, 0.25) is 0 Å². The highest BCUT2D eigenvalue weighted by atomic mass is 31.2. The Morgan fingerprint density at radius 1 is 0.282 bits per heavy atom. The standard InChI is InChI=1S/C85H144O16P2/c1-4-7-10-13-16-19-22-25-28-31-33-34-35-36-37-38-39-40-41-42-43-44-46-49-50-53-56-59-62-65-68-71-83(88)95-74-80(86)75-97-102(91,92)98-76-81(87)77-99-103(93,94)100-79-82(101-85(90)73-70-67-64-61-58-55-52-47-30-27-24-21-18-15-12-9-6-3)78-96-84(89)72-69-66-63-60-57-54-51-48-45-32-29-26-23-20-17-14-11-8-5-2/h8-9,11-12,16-21,25-30,33-34,36-37,45,48,52,55,80-82,86-87H,4-7,10,13-15,22-24,31-32,35,38-44,46-47,49-51,53-54,56-79H2,1-3H3,(H,91,92)(H,93,94)/b11-8-,12-9-,19-16-,20-17-,21-18-,28-25-,29-26-,30-27-,34-33-,37-36-,48-45-,55-52-. The summed E-state index contributed by atoms with van der Waals surface area (Å²) in [5, 5.41) is 20.6. The van der Waals surface area contributed by atoms with Gasteiger partial charge in [0.2, 0.25) is 0 Å². The third kappa shape index (κ3) is 78.3. The maximum absolute atomic E-state index is 13.0. The number of phosphoric ester groups is 2. The zero-order chi connectivity index (χ0) is 75.2. The molecular weight excluding hydrogens is 1340 g/mol. The van der Waals surface area contributed by atoms with Crippen molar-refractivity contribution in [2.24, 2.45) is 0 Å². The first-order valence-electron chi connectivity index (χ1n) is 40.1. The molecule has 5 atom stereocenters. The summed E-state index contributed by atoms with van der Waals surface area (Å²) in [6.07, 6.45) is 94.7. The summed E-state index contributed by atoms with van der Waals surface area (Å²) in [5.41, 5.74) is 0. The molecule has 0 aromatic rings. The first-order valence-corrected chi connectivity index (χ1v) is 43.1. The van der Waals surface area contributed by atoms with Crippen LogP contribution in [0.4, 0.5) is 0 Å². The number of phosphoric acid groups is 2. The predicted molar refractivity (Wildman–Crippen MR) is 426 cm³/mol. The van der Waals surface area contributed by atoms with E-state index in [1.54, 1.807) is 0 Å². The molecule has 18 heteroatoms. The number of unbranched alkanes of at least 4 members (excludes halogenated alkanes) is 28. The van der Waals surface area contributed by atoms with Crippen LogP contribution < -0.4 is 0 Å². The fourth-order valence-electron chi connectivity index (χ4n) is 10.5. The van der Waals surface area contributed by atoms with Crippen molar-refractivity contribution in [2.45, 2.75) is 334 Å². The minimum Gasteiger partial charge on any atom is -0.463 e. The van der Waals surface area contributed by atoms with Crippen LogP contribution in [0.5, 0.6) is 0 Å². The first-order chi connectivity index (χ1) is 50.2. The summed E-state index contributed by atoms with van der Waals surface area (Å²) in [4.78, 5) is 58.7. The van der Waals surface area contributed by atoms with Crippen LogP contribution in [-0.2, 0) is 55.8 Å². The highest BCUT2D eigenvalue weighted by molar-refractivity contribution is 7.47. The Balaban J connectivity index is 4.53. The van der Waals surface area contributed by atoms with Gasteiger partial charge in [-0.1, -0.05) is 301 Å². The van der Waals surface area contributed by atoms with Crippen LogP contribution in [0.25, 0.3) is 0 Å². The van der Waals surface area contributed by atoms with Gasteiger partial charge in [-0.2, -0.15) is 0 Å². The molecule has 0 heterocycles. The largest absolute Gasteiger partial charge is 0.472 e. The third-order valence-corrected chi connectivity index (χ3v) is 18.4. The van der Waals surface area contributed by atoms with Gasteiger partial charge in [-0.3, -0.25) is 32.5 Å². The van der Waals surface area contributed by atoms with E-state index >= 15 is 0 Å². The van der Waals surface area contributed by atoms with Crippen molar-refractivity contribution >= 4 is 33.6 Å². The second-order valence-corrected chi connectivity index (χ2v) is 29.4. The van der Waals surface area contributed by atoms with Gasteiger partial charge in [0.1, 0.15) is 25.4 Å². The Labute approximate surface area is 626 Å². The van der Waals surface area contributed by atoms with Crippen molar-refractivity contribution in [1.29, 1.82) is 0 Å². The molecule has 0 aliphatic heterocycles. The number of allylic oxidation sites excluding steroid dienone is 24. The molecule has 4 N–H and O–H groups in total. The number of carbonyl (C=O) groups excluding carboxylic acids is 3. The molecule has 0 amide bonds. The van der Waals surface area contributed by atoms with E-state index in [0.29, 0.717) is 19.3 Å². The lowest BCUT2D eigenvalue weighted by atomic mass is 10.0. The Morgan fingerprint density at radius 2 is 0.515 bits per heavy atom. The average molecular weight is 1480 g/mol. The number of hydrogen-bond donors (Lipinski definition) is 4. The zero-order valence-corrected chi connectivity index (χ0v) is 66.2. The minimum absolute atomic E-state index is 0.0691. The molecule has 5 unspecified atom stereocenters. The van der Waals surface area contributed by atoms with E-state index in [1.165, 1.54) is 103 Å². The number of rotatable bonds is 75. The predicted octanol–water partition coefficient (Wildman–Crippen LogP) is 23.7. The summed E-state index contributed by atoms with van der Waals surface area (Å²) in [7, 11) is -9.81. The van der Waals surface area contributed by atoms with Crippen molar-refractivity contribution in [2.75, 3.05) is 39.6 Å². The molecule has 0 bridgehead atoms. The van der Waals surface area contributed by atoms with Crippen molar-refractivity contribution in [3.63, 3.8) is 0 Å². The van der Waals surface area contributed by atoms with E-state index in [2.05, 4.69) is 167 Å². The second-order valence-electron chi connectivity index (χ2n) is 26.5. The lowest BCUT2D eigenvalue weighted by Gasteiger charge is -2.21. The maximum Gasteiger partial charge on any atom is 0.472 e. The number of esters is 3. The summed E-state index contributed by atoms with van der Waals surface area (Å²) >= 11 is 0. The molecule has 103 heavy (non-hydrogen) atoms. The molecule has 0 aromatic heterocycles. The van der Waals surface area contributed by atoms with E-state index in [-0.39, 0.29) is 19.3 Å². The van der Waals surface area contributed by atoms with Gasteiger partial charge >= 0.3 is 33.6 Å². The maximum atomic E-state index is 13.0. The number of aliphatic hydroxyl groups is 2. The molecule has 0 aromatic carbocycles. The summed E-state index contributed by atoms with van der Waals surface area (Å²) in [6, 6.07) is 0. The van der Waals surface area contributed by atoms with Crippen molar-refractivity contribution in [3.8, 4) is 0 Å². The molecular formula is C85H144O16P2. The molecule has 590 valence electrons. The molecule has 0 spiro atoms. The van der Waals surface area contributed by atoms with Crippen LogP contribution in [0.3, 0.4) is 0 Å². The number of ether oxygens (including phenoxy) is 3. The molecule has 16 nitrogen and oxygen atoms in total. The Hall–Kier alpha value is -4.57. The fourth-order valence-corrected chi connectivity index (χ4v) is 12.1. The SMILES string of the molecule is CC/C=C\C/C=C\C/C=C\C/C=C\CCCCCCCCC(=O)OCC(COP(=O)(O)OCC(O)COP(=O)(O)OCC(O)COC(=O)CCCCCCCCCCCCCCCCC/C=C\C/C=C\C/C=C\C/C=C\CCCCC)OC(=O)CCCCCC/C=C\C/C=C\C/C=C\C/C=C\CC. The highest BCUT2D eigenvalue weighted by Crippen LogP contribution is 2.45. The average Bonchev–Trinajstić information content (AvgIpc) is 0.917. The normalized spacial score (nSPS) is 14.7. The Bertz CT molecular complexity index is 2450. The monoisotopic (exact) mass is 1480 g/mol. The molecule has 0 radical (unpaired) electrons. The smallest absolute Gasteiger partial charge is 0.463 e. The van der Waals surface area contributed by atoms with Gasteiger partial charge in [0, 0.05) is 19.3 Å². The minimum atomic E-state index is -4.95. The molecule has 0 aliphatic rings. The lowest BCUT2D eigenvalue weighted by Crippen LogP contribution is -2.30. The van der Waals surface area contributed by atoms with Crippen LogP contribution in [-0.4, -0.2) is 95.9 Å². The van der Waals surface area contributed by atoms with Crippen molar-refractivity contribution in [1.82, 2.24) is 0 Å². The van der Waals surface area contributed by atoms with Gasteiger partial charge in [0.05, 0.1) is 26.4 Å². The molecule has 0 fully saturated rings. The van der Waals surface area contributed by atoms with Gasteiger partial charge in [0.25, 0.3) is 0 Å². The van der Waals surface area contributed by atoms with Gasteiger partial charge in [-0.05, 0) is 141 Å². The topological polar surface area (TPSA) is 231 Å². The van der Waals surface area contributed by atoms with Crippen molar-refractivity contribution < 1.29 is 75.8 Å². The van der Waals surface area contributed by atoms with E-state index in [4.69, 9.17) is 32.3 Å². The fraction of sp³-hybridized carbons (Fsp3) is 0.682. The van der Waals surface area contributed by atoms with E-state index in [0.717, 1.165) is 154 Å². The molecule has 0 rings (SSSR count). The summed E-state index contributed by atoms with van der Waals surface area (Å²) < 4.78 is 61.1. The number of hydrogen-bond acceptors (Lipinski definition) is 14. The lowest BCUT2D eigenvalue weighted by molar-refractivity contribution is -0.161. The van der Waals surface area contributed by atoms with Crippen molar-refractivity contribution in [3.05, 3.63) is 146 Å². The van der Waals surface area contributed by atoms with Crippen LogP contribution >= 0.6 is 15.6 Å². The molecule has 0 saturated carbocycles. The highest BCUT2D eigenvalue weighted by Gasteiger charge is 2.29. The molecule has 0 saturated heterocycles. The van der Waals surface area contributed by atoms with Gasteiger partial charge in [-0.25, -0.2) is 9.13 Å². The van der Waals surface area contributed by atoms with Crippen LogP contribution in [0, 0.1) is 0 Å². The Morgan fingerprint density at radius 3 is 0.816 bits per heavy atom.